The molecule has 0 bridgehead atoms. The zero-order valence-electron chi connectivity index (χ0n) is 10.4. The van der Waals surface area contributed by atoms with Gasteiger partial charge in [0, 0.05) is 12.6 Å². The van der Waals surface area contributed by atoms with Gasteiger partial charge in [0.1, 0.15) is 0 Å². The van der Waals surface area contributed by atoms with Gasteiger partial charge in [0.05, 0.1) is 18.6 Å². The molecule has 0 amide bonds. The summed E-state index contributed by atoms with van der Waals surface area (Å²) in [6.45, 7) is 2.20. The van der Waals surface area contributed by atoms with Crippen molar-refractivity contribution in [1.82, 2.24) is 14.3 Å². The van der Waals surface area contributed by atoms with Gasteiger partial charge >= 0.3 is 0 Å². The highest BCUT2D eigenvalue weighted by molar-refractivity contribution is 7.89. The van der Waals surface area contributed by atoms with Gasteiger partial charge in [-0.1, -0.05) is 6.42 Å². The quantitative estimate of drug-likeness (QED) is 0.846. The molecule has 0 aliphatic carbocycles. The van der Waals surface area contributed by atoms with Gasteiger partial charge in [0.2, 0.25) is 0 Å². The Balaban J connectivity index is 2.23. The number of hydrogen-bond acceptors (Lipinski definition) is 4. The number of piperidine rings is 1. The van der Waals surface area contributed by atoms with Gasteiger partial charge in [-0.15, -0.1) is 0 Å². The van der Waals surface area contributed by atoms with Crippen LogP contribution in [0.25, 0.3) is 0 Å². The smallest absolute Gasteiger partial charge is 0.260 e. The van der Waals surface area contributed by atoms with Crippen LogP contribution in [0.5, 0.6) is 0 Å². The number of H-pyrrole nitrogens is 1. The van der Waals surface area contributed by atoms with Crippen molar-refractivity contribution in [2.24, 2.45) is 0 Å². The van der Waals surface area contributed by atoms with Crippen molar-refractivity contribution < 1.29 is 13.5 Å². The third-order valence-electron chi connectivity index (χ3n) is 3.25. The van der Waals surface area contributed by atoms with Crippen LogP contribution in [-0.2, 0) is 10.0 Å². The molecule has 1 aliphatic rings. The van der Waals surface area contributed by atoms with E-state index in [1.165, 1.54) is 16.8 Å². The van der Waals surface area contributed by atoms with Crippen molar-refractivity contribution >= 4 is 10.0 Å². The van der Waals surface area contributed by atoms with Crippen molar-refractivity contribution in [1.29, 1.82) is 0 Å². The van der Waals surface area contributed by atoms with Crippen LogP contribution >= 0.6 is 0 Å². The standard InChI is InChI=1S/C11H19N3O3S/c1-9(15)6-10-4-2-3-5-14(10)18(16,17)11-7-12-8-13-11/h7-10,15H,2-6H2,1H3,(H,12,13). The number of nitrogens with one attached hydrogen (secondary N) is 1. The molecule has 0 radical (unpaired) electrons. The van der Waals surface area contributed by atoms with Crippen LogP contribution in [0.2, 0.25) is 0 Å². The summed E-state index contributed by atoms with van der Waals surface area (Å²) >= 11 is 0. The molecule has 2 unspecified atom stereocenters. The number of aromatic amines is 1. The lowest BCUT2D eigenvalue weighted by Crippen LogP contribution is -2.45. The minimum atomic E-state index is -3.51. The Morgan fingerprint density at radius 2 is 2.39 bits per heavy atom. The van der Waals surface area contributed by atoms with Crippen molar-refractivity contribution in [2.75, 3.05) is 6.54 Å². The van der Waals surface area contributed by atoms with E-state index < -0.39 is 16.1 Å². The van der Waals surface area contributed by atoms with E-state index in [9.17, 15) is 13.5 Å². The van der Waals surface area contributed by atoms with Crippen LogP contribution in [-0.4, -0.2) is 46.5 Å². The lowest BCUT2D eigenvalue weighted by molar-refractivity contribution is 0.131. The van der Waals surface area contributed by atoms with Crippen LogP contribution in [0.3, 0.4) is 0 Å². The molecule has 1 saturated heterocycles. The van der Waals surface area contributed by atoms with E-state index in [1.54, 1.807) is 6.92 Å². The van der Waals surface area contributed by atoms with E-state index in [4.69, 9.17) is 0 Å². The van der Waals surface area contributed by atoms with Crippen LogP contribution in [0.1, 0.15) is 32.6 Å². The predicted octanol–water partition coefficient (Wildman–Crippen LogP) is 0.724. The molecule has 2 N–H and O–H groups in total. The van der Waals surface area contributed by atoms with Gasteiger partial charge in [-0.25, -0.2) is 13.4 Å². The lowest BCUT2D eigenvalue weighted by Gasteiger charge is -2.34. The molecular formula is C11H19N3O3S. The maximum Gasteiger partial charge on any atom is 0.260 e. The average Bonchev–Trinajstić information content (AvgIpc) is 2.82. The number of nitrogens with zero attached hydrogens (tertiary/aromatic N) is 2. The number of aliphatic hydroxyl groups is 1. The molecule has 6 nitrogen and oxygen atoms in total. The highest BCUT2D eigenvalue weighted by atomic mass is 32.2. The number of aliphatic hydroxyl groups excluding tert-OH is 1. The molecule has 1 aliphatic heterocycles. The Hall–Kier alpha value is -0.920. The van der Waals surface area contributed by atoms with E-state index in [2.05, 4.69) is 9.97 Å². The normalized spacial score (nSPS) is 24.0. The first-order valence-electron chi connectivity index (χ1n) is 6.20. The van der Waals surface area contributed by atoms with Crippen LogP contribution in [0.15, 0.2) is 17.6 Å². The fourth-order valence-electron chi connectivity index (χ4n) is 2.43. The van der Waals surface area contributed by atoms with Gasteiger partial charge in [0.15, 0.2) is 5.03 Å². The largest absolute Gasteiger partial charge is 0.393 e. The van der Waals surface area contributed by atoms with Gasteiger partial charge < -0.3 is 10.1 Å². The van der Waals surface area contributed by atoms with Gasteiger partial charge in [-0.05, 0) is 26.2 Å². The minimum absolute atomic E-state index is 0.118. The Morgan fingerprint density at radius 1 is 1.61 bits per heavy atom. The number of imidazole rings is 1. The van der Waals surface area contributed by atoms with E-state index in [0.29, 0.717) is 13.0 Å². The number of sulfonamides is 1. The Kier molecular flexibility index (Phi) is 4.04. The highest BCUT2D eigenvalue weighted by Crippen LogP contribution is 2.26. The van der Waals surface area contributed by atoms with Crippen molar-refractivity contribution in [2.45, 2.75) is 49.8 Å². The molecule has 2 atom stereocenters. The monoisotopic (exact) mass is 273 g/mol. The maximum absolute atomic E-state index is 12.4. The molecule has 1 aromatic heterocycles. The van der Waals surface area contributed by atoms with Gasteiger partial charge in [-0.3, -0.25) is 0 Å². The fourth-order valence-corrected chi connectivity index (χ4v) is 4.03. The molecule has 7 heteroatoms. The molecule has 0 saturated carbocycles. The summed E-state index contributed by atoms with van der Waals surface area (Å²) in [7, 11) is -3.51. The van der Waals surface area contributed by atoms with E-state index in [1.807, 2.05) is 0 Å². The summed E-state index contributed by atoms with van der Waals surface area (Å²) < 4.78 is 26.3. The third-order valence-corrected chi connectivity index (χ3v) is 5.12. The SMILES string of the molecule is CC(O)CC1CCCCN1S(=O)(=O)c1cnc[nH]1. The summed E-state index contributed by atoms with van der Waals surface area (Å²) in [6, 6.07) is -0.118. The van der Waals surface area contributed by atoms with Crippen molar-refractivity contribution in [3.8, 4) is 0 Å². The van der Waals surface area contributed by atoms with Crippen molar-refractivity contribution in [3.63, 3.8) is 0 Å². The van der Waals surface area contributed by atoms with Gasteiger partial charge in [0.25, 0.3) is 10.0 Å². The molecule has 1 aromatic rings. The molecule has 18 heavy (non-hydrogen) atoms. The van der Waals surface area contributed by atoms with E-state index in [0.717, 1.165) is 19.3 Å². The summed E-state index contributed by atoms with van der Waals surface area (Å²) in [5, 5.41) is 9.60. The second kappa shape index (κ2) is 5.38. The number of hydrogen-bond donors (Lipinski definition) is 2. The van der Waals surface area contributed by atoms with E-state index in [-0.39, 0.29) is 11.1 Å². The summed E-state index contributed by atoms with van der Waals surface area (Å²) in [5.74, 6) is 0. The zero-order chi connectivity index (χ0) is 13.2. The molecule has 0 spiro atoms. The molecule has 102 valence electrons. The van der Waals surface area contributed by atoms with Crippen LogP contribution in [0, 0.1) is 0 Å². The molecular weight excluding hydrogens is 254 g/mol. The van der Waals surface area contributed by atoms with Crippen LogP contribution in [0.4, 0.5) is 0 Å². The lowest BCUT2D eigenvalue weighted by atomic mass is 10.00. The van der Waals surface area contributed by atoms with Crippen LogP contribution < -0.4 is 0 Å². The second-order valence-electron chi connectivity index (χ2n) is 4.77. The highest BCUT2D eigenvalue weighted by Gasteiger charge is 2.34. The maximum atomic E-state index is 12.4. The minimum Gasteiger partial charge on any atom is -0.393 e. The Morgan fingerprint density at radius 3 is 3.00 bits per heavy atom. The molecule has 0 aromatic carbocycles. The molecule has 1 fully saturated rings. The topological polar surface area (TPSA) is 86.3 Å². The summed E-state index contributed by atoms with van der Waals surface area (Å²) in [4.78, 5) is 6.40. The third kappa shape index (κ3) is 2.73. The zero-order valence-corrected chi connectivity index (χ0v) is 11.2. The molecule has 2 rings (SSSR count). The second-order valence-corrected chi connectivity index (χ2v) is 6.62. The predicted molar refractivity (Wildman–Crippen MR) is 66.4 cm³/mol. The summed E-state index contributed by atoms with van der Waals surface area (Å²) in [5.41, 5.74) is 0. The fraction of sp³-hybridized carbons (Fsp3) is 0.727. The average molecular weight is 273 g/mol. The first-order chi connectivity index (χ1) is 8.51. The number of rotatable bonds is 4. The molecule has 2 heterocycles. The first kappa shape index (κ1) is 13.5. The first-order valence-corrected chi connectivity index (χ1v) is 7.64. The Bertz CT molecular complexity index is 470. The Labute approximate surface area is 107 Å². The van der Waals surface area contributed by atoms with Gasteiger partial charge in [-0.2, -0.15) is 4.31 Å². The number of aromatic nitrogens is 2. The summed E-state index contributed by atoms with van der Waals surface area (Å²) in [6.07, 6.45) is 5.35. The van der Waals surface area contributed by atoms with E-state index >= 15 is 0 Å². The van der Waals surface area contributed by atoms with Crippen molar-refractivity contribution in [3.05, 3.63) is 12.5 Å².